The van der Waals surface area contributed by atoms with E-state index in [0.717, 1.165) is 55.8 Å². The molecule has 126 valence electrons. The zero-order valence-electron chi connectivity index (χ0n) is 14.5. The molecule has 2 heterocycles. The van der Waals surface area contributed by atoms with Crippen LogP contribution in [0.2, 0.25) is 0 Å². The molecule has 0 saturated carbocycles. The Balaban J connectivity index is 1.77. The van der Waals surface area contributed by atoms with E-state index in [1.165, 1.54) is 23.5 Å². The summed E-state index contributed by atoms with van der Waals surface area (Å²) >= 11 is 0. The van der Waals surface area contributed by atoms with E-state index in [4.69, 9.17) is 9.97 Å². The minimum Gasteiger partial charge on any atom is -0.370 e. The highest BCUT2D eigenvalue weighted by atomic mass is 15.2. The summed E-state index contributed by atoms with van der Waals surface area (Å²) in [4.78, 5) is 12.0. The van der Waals surface area contributed by atoms with Gasteiger partial charge in [0.15, 0.2) is 0 Å². The number of aromatic nitrogens is 3. The van der Waals surface area contributed by atoms with Crippen molar-refractivity contribution in [1.82, 2.24) is 19.3 Å². The Hall–Kier alpha value is -2.14. The number of nitrogens with one attached hydrogen (secondary N) is 1. The molecule has 0 fully saturated rings. The van der Waals surface area contributed by atoms with E-state index >= 15 is 0 Å². The number of hydrogen-bond acceptors (Lipinski definition) is 4. The van der Waals surface area contributed by atoms with Gasteiger partial charge in [-0.15, -0.1) is 0 Å². The number of likely N-dealkylation sites (N-methyl/N-ethyl adjacent to an activating group) is 1. The number of para-hydroxylation sites is 2. The van der Waals surface area contributed by atoms with Gasteiger partial charge >= 0.3 is 0 Å². The normalized spacial score (nSPS) is 14.0. The van der Waals surface area contributed by atoms with Crippen molar-refractivity contribution < 1.29 is 0 Å². The maximum absolute atomic E-state index is 4.83. The van der Waals surface area contributed by atoms with Crippen LogP contribution in [-0.4, -0.2) is 45.4 Å². The third kappa shape index (κ3) is 2.53. The highest BCUT2D eigenvalue weighted by molar-refractivity contribution is 5.82. The maximum atomic E-state index is 4.83. The minimum atomic E-state index is 0.821. The van der Waals surface area contributed by atoms with Gasteiger partial charge < -0.3 is 10.2 Å². The summed E-state index contributed by atoms with van der Waals surface area (Å²) in [6, 6.07) is 8.31. The van der Waals surface area contributed by atoms with E-state index in [2.05, 4.69) is 46.7 Å². The highest BCUT2D eigenvalue weighted by Crippen LogP contribution is 2.31. The smallest absolute Gasteiger partial charge is 0.236 e. The maximum Gasteiger partial charge on any atom is 0.236 e. The van der Waals surface area contributed by atoms with Crippen LogP contribution in [0.5, 0.6) is 0 Å². The first kappa shape index (κ1) is 15.4. The Labute approximate surface area is 142 Å². The van der Waals surface area contributed by atoms with Crippen molar-refractivity contribution >= 4 is 22.6 Å². The molecule has 5 nitrogen and oxygen atoms in total. The average Bonchev–Trinajstić information content (AvgIpc) is 3.21. The summed E-state index contributed by atoms with van der Waals surface area (Å²) in [6.07, 6.45) is 3.37. The van der Waals surface area contributed by atoms with E-state index in [1.807, 2.05) is 6.07 Å². The van der Waals surface area contributed by atoms with Crippen molar-refractivity contribution in [3.63, 3.8) is 0 Å². The van der Waals surface area contributed by atoms with E-state index in [1.54, 1.807) is 0 Å². The summed E-state index contributed by atoms with van der Waals surface area (Å²) in [5.74, 6) is 2.02. The molecule has 1 N–H and O–H groups in total. The first-order chi connectivity index (χ1) is 11.8. The van der Waals surface area contributed by atoms with Gasteiger partial charge in [0.05, 0.1) is 16.7 Å². The molecular weight excluding hydrogens is 298 g/mol. The molecule has 0 amide bonds. The quantitative estimate of drug-likeness (QED) is 0.757. The van der Waals surface area contributed by atoms with Gasteiger partial charge in [-0.1, -0.05) is 26.0 Å². The van der Waals surface area contributed by atoms with Gasteiger partial charge in [-0.3, -0.25) is 4.40 Å². The van der Waals surface area contributed by atoms with Gasteiger partial charge in [0.2, 0.25) is 5.78 Å². The Morgan fingerprint density at radius 3 is 2.79 bits per heavy atom. The molecule has 2 aromatic heterocycles. The number of benzene rings is 1. The summed E-state index contributed by atoms with van der Waals surface area (Å²) < 4.78 is 2.21. The lowest BCUT2D eigenvalue weighted by molar-refractivity contribution is 0.316. The molecule has 0 aliphatic heterocycles. The van der Waals surface area contributed by atoms with Crippen LogP contribution >= 0.6 is 0 Å². The number of aryl methyl sites for hydroxylation is 1. The summed E-state index contributed by atoms with van der Waals surface area (Å²) in [5, 5.41) is 3.71. The van der Waals surface area contributed by atoms with Crippen molar-refractivity contribution in [1.29, 1.82) is 0 Å². The zero-order chi connectivity index (χ0) is 16.5. The molecule has 1 aliphatic carbocycles. The van der Waals surface area contributed by atoms with Gasteiger partial charge in [0, 0.05) is 18.7 Å². The molecule has 0 radical (unpaired) electrons. The van der Waals surface area contributed by atoms with Crippen molar-refractivity contribution in [2.45, 2.75) is 33.1 Å². The highest BCUT2D eigenvalue weighted by Gasteiger charge is 2.21. The number of fused-ring (bicyclic) bond motifs is 4. The second-order valence-electron chi connectivity index (χ2n) is 6.43. The Morgan fingerprint density at radius 2 is 1.96 bits per heavy atom. The first-order valence-corrected chi connectivity index (χ1v) is 9.07. The average molecular weight is 323 g/mol. The second kappa shape index (κ2) is 6.40. The lowest BCUT2D eigenvalue weighted by Gasteiger charge is -2.20. The van der Waals surface area contributed by atoms with Gasteiger partial charge in [0.1, 0.15) is 5.82 Å². The second-order valence-corrected chi connectivity index (χ2v) is 6.43. The van der Waals surface area contributed by atoms with Crippen LogP contribution in [0, 0.1) is 0 Å². The molecule has 5 heteroatoms. The fourth-order valence-corrected chi connectivity index (χ4v) is 3.73. The van der Waals surface area contributed by atoms with Gasteiger partial charge in [-0.05, 0) is 44.5 Å². The monoisotopic (exact) mass is 323 g/mol. The SMILES string of the molecule is CCN(CC)CCNc1c2c(nc3nc4ccccc4n13)CCC2. The number of hydrogen-bond donors (Lipinski definition) is 1. The number of imidazole rings is 1. The molecule has 4 rings (SSSR count). The third-order valence-electron chi connectivity index (χ3n) is 5.09. The number of rotatable bonds is 6. The van der Waals surface area contributed by atoms with Crippen molar-refractivity contribution in [3.8, 4) is 0 Å². The predicted molar refractivity (Wildman–Crippen MR) is 98.8 cm³/mol. The van der Waals surface area contributed by atoms with Crippen LogP contribution in [0.15, 0.2) is 24.3 Å². The molecule has 0 atom stereocenters. The van der Waals surface area contributed by atoms with Crippen molar-refractivity contribution in [2.75, 3.05) is 31.5 Å². The van der Waals surface area contributed by atoms with Gasteiger partial charge in [0.25, 0.3) is 0 Å². The molecule has 0 spiro atoms. The largest absolute Gasteiger partial charge is 0.370 e. The Kier molecular flexibility index (Phi) is 4.10. The van der Waals surface area contributed by atoms with Crippen LogP contribution in [-0.2, 0) is 12.8 Å². The van der Waals surface area contributed by atoms with E-state index < -0.39 is 0 Å². The summed E-state index contributed by atoms with van der Waals surface area (Å²) in [5.41, 5.74) is 4.76. The topological polar surface area (TPSA) is 45.5 Å². The van der Waals surface area contributed by atoms with Gasteiger partial charge in [-0.25, -0.2) is 9.97 Å². The van der Waals surface area contributed by atoms with E-state index in [9.17, 15) is 0 Å². The van der Waals surface area contributed by atoms with E-state index in [-0.39, 0.29) is 0 Å². The number of nitrogens with zero attached hydrogens (tertiary/aromatic N) is 4. The number of anilines is 1. The van der Waals surface area contributed by atoms with Crippen LogP contribution in [0.3, 0.4) is 0 Å². The predicted octanol–water partition coefficient (Wildman–Crippen LogP) is 3.12. The minimum absolute atomic E-state index is 0.821. The van der Waals surface area contributed by atoms with Crippen LogP contribution < -0.4 is 5.32 Å². The molecule has 3 aromatic rings. The van der Waals surface area contributed by atoms with E-state index in [0.29, 0.717) is 0 Å². The molecule has 1 aliphatic rings. The molecule has 24 heavy (non-hydrogen) atoms. The fraction of sp³-hybridized carbons (Fsp3) is 0.474. The molecule has 0 saturated heterocycles. The standard InChI is InChI=1S/C19H25N5/c1-3-23(4-2)13-12-20-18-14-8-7-10-15(14)21-19-22-16-9-5-6-11-17(16)24(18)19/h5-6,9,11,20H,3-4,7-8,10,12-13H2,1-2H3. The van der Waals surface area contributed by atoms with Crippen LogP contribution in [0.4, 0.5) is 5.82 Å². The lowest BCUT2D eigenvalue weighted by atomic mass is 10.2. The third-order valence-corrected chi connectivity index (χ3v) is 5.09. The molecule has 0 unspecified atom stereocenters. The van der Waals surface area contributed by atoms with Gasteiger partial charge in [-0.2, -0.15) is 0 Å². The zero-order valence-corrected chi connectivity index (χ0v) is 14.5. The molecule has 1 aromatic carbocycles. The Morgan fingerprint density at radius 1 is 1.12 bits per heavy atom. The Bertz CT molecular complexity index is 863. The summed E-state index contributed by atoms with van der Waals surface area (Å²) in [7, 11) is 0. The summed E-state index contributed by atoms with van der Waals surface area (Å²) in [6.45, 7) is 8.62. The first-order valence-electron chi connectivity index (χ1n) is 9.07. The van der Waals surface area contributed by atoms with Crippen LogP contribution in [0.25, 0.3) is 16.8 Å². The molecular formula is C19H25N5. The van der Waals surface area contributed by atoms with Crippen molar-refractivity contribution in [2.24, 2.45) is 0 Å². The fourth-order valence-electron chi connectivity index (χ4n) is 3.73. The van der Waals surface area contributed by atoms with Crippen LogP contribution in [0.1, 0.15) is 31.5 Å². The molecule has 0 bridgehead atoms. The lowest BCUT2D eigenvalue weighted by Crippen LogP contribution is -2.29. The van der Waals surface area contributed by atoms with Crippen molar-refractivity contribution in [3.05, 3.63) is 35.5 Å².